The van der Waals surface area contributed by atoms with Crippen molar-refractivity contribution >= 4 is 16.6 Å². The predicted molar refractivity (Wildman–Crippen MR) is 114 cm³/mol. The molecule has 0 saturated heterocycles. The molecule has 0 fully saturated rings. The van der Waals surface area contributed by atoms with Crippen LogP contribution in [0.4, 0.5) is 13.2 Å². The number of pyridine rings is 2. The van der Waals surface area contributed by atoms with Crippen LogP contribution in [0.5, 0.6) is 0 Å². The van der Waals surface area contributed by atoms with Gasteiger partial charge in [0.25, 0.3) is 5.56 Å². The van der Waals surface area contributed by atoms with Crippen molar-refractivity contribution in [2.24, 2.45) is 7.05 Å². The Kier molecular flexibility index (Phi) is 4.37. The van der Waals surface area contributed by atoms with Gasteiger partial charge in [-0.3, -0.25) is 19.3 Å². The molecule has 0 spiro atoms. The first-order chi connectivity index (χ1) is 15.2. The van der Waals surface area contributed by atoms with Gasteiger partial charge in [-0.15, -0.1) is 0 Å². The molecule has 160 valence electrons. The Bertz CT molecular complexity index is 1570. The fraction of sp³-hybridized carbons (Fsp3) is 0.130. The number of rotatable bonds is 2. The molecular weight excluding hydrogens is 419 g/mol. The third kappa shape index (κ3) is 3.22. The maximum Gasteiger partial charge on any atom is 0.433 e. The van der Waals surface area contributed by atoms with Gasteiger partial charge in [-0.05, 0) is 54.4 Å². The zero-order valence-electron chi connectivity index (χ0n) is 17.1. The van der Waals surface area contributed by atoms with E-state index in [-0.39, 0.29) is 11.1 Å². The SMILES string of the molecule is Cc1cc(-c2ccc3c(=O)n(C)c4cc(-c5ccnc(C(F)(F)F)c5)nn4c3c2)ccn1. The lowest BCUT2D eigenvalue weighted by Gasteiger charge is -2.09. The maximum absolute atomic E-state index is 13.1. The van der Waals surface area contributed by atoms with Gasteiger partial charge in [0.1, 0.15) is 11.3 Å². The Morgan fingerprint density at radius 3 is 2.34 bits per heavy atom. The Labute approximate surface area is 179 Å². The number of nitrogens with zero attached hydrogens (tertiary/aromatic N) is 5. The molecule has 4 heterocycles. The predicted octanol–water partition coefficient (Wildman–Crippen LogP) is 4.64. The highest BCUT2D eigenvalue weighted by molar-refractivity contribution is 5.86. The fourth-order valence-electron chi connectivity index (χ4n) is 3.75. The smallest absolute Gasteiger partial charge is 0.296 e. The zero-order valence-corrected chi connectivity index (χ0v) is 17.1. The third-order valence-corrected chi connectivity index (χ3v) is 5.37. The lowest BCUT2D eigenvalue weighted by atomic mass is 10.0. The van der Waals surface area contributed by atoms with Crippen molar-refractivity contribution in [2.45, 2.75) is 13.1 Å². The van der Waals surface area contributed by atoms with Crippen LogP contribution in [0, 0.1) is 6.92 Å². The normalized spacial score (nSPS) is 12.0. The van der Waals surface area contributed by atoms with E-state index in [2.05, 4.69) is 15.1 Å². The number of fused-ring (bicyclic) bond motifs is 3. The Hall–Kier alpha value is -4.01. The van der Waals surface area contributed by atoms with Crippen LogP contribution in [0.2, 0.25) is 0 Å². The lowest BCUT2D eigenvalue weighted by Crippen LogP contribution is -2.19. The van der Waals surface area contributed by atoms with E-state index in [1.165, 1.54) is 10.6 Å². The van der Waals surface area contributed by atoms with Gasteiger partial charge in [0.05, 0.1) is 16.6 Å². The van der Waals surface area contributed by atoms with E-state index in [1.807, 2.05) is 31.2 Å². The molecule has 0 radical (unpaired) electrons. The molecule has 1 aromatic carbocycles. The summed E-state index contributed by atoms with van der Waals surface area (Å²) in [7, 11) is 1.61. The average molecular weight is 435 g/mol. The first-order valence-electron chi connectivity index (χ1n) is 9.71. The molecule has 0 atom stereocenters. The van der Waals surface area contributed by atoms with Crippen LogP contribution in [-0.4, -0.2) is 24.1 Å². The van der Waals surface area contributed by atoms with Crippen LogP contribution < -0.4 is 5.56 Å². The van der Waals surface area contributed by atoms with E-state index >= 15 is 0 Å². The lowest BCUT2D eigenvalue weighted by molar-refractivity contribution is -0.141. The molecule has 9 heteroatoms. The average Bonchev–Trinajstić information content (AvgIpc) is 3.23. The second-order valence-corrected chi connectivity index (χ2v) is 7.51. The number of halogens is 3. The summed E-state index contributed by atoms with van der Waals surface area (Å²) in [5.74, 6) is 0. The van der Waals surface area contributed by atoms with Gasteiger partial charge in [0.2, 0.25) is 0 Å². The first-order valence-corrected chi connectivity index (χ1v) is 9.71. The molecule has 6 nitrogen and oxygen atoms in total. The summed E-state index contributed by atoms with van der Waals surface area (Å²) in [6.07, 6.45) is -1.75. The third-order valence-electron chi connectivity index (χ3n) is 5.37. The number of benzene rings is 1. The molecule has 0 unspecified atom stereocenters. The highest BCUT2D eigenvalue weighted by atomic mass is 19.4. The van der Waals surface area contributed by atoms with Crippen molar-refractivity contribution in [2.75, 3.05) is 0 Å². The second-order valence-electron chi connectivity index (χ2n) is 7.51. The van der Waals surface area contributed by atoms with E-state index in [1.54, 1.807) is 29.9 Å². The standard InChI is InChI=1S/C23H16F3N5O/c1-13-9-15(5-7-27-13)14-3-4-17-19(10-14)31-21(30(2)22(17)32)12-18(29-31)16-6-8-28-20(11-16)23(24,25)26/h3-12H,1-2H3. The molecule has 5 rings (SSSR count). The van der Waals surface area contributed by atoms with Gasteiger partial charge in [-0.1, -0.05) is 6.07 Å². The molecule has 0 saturated carbocycles. The number of hydrogen-bond acceptors (Lipinski definition) is 4. The molecule has 0 aliphatic rings. The summed E-state index contributed by atoms with van der Waals surface area (Å²) >= 11 is 0. The first kappa shape index (κ1) is 19.9. The van der Waals surface area contributed by atoms with E-state index in [9.17, 15) is 18.0 Å². The van der Waals surface area contributed by atoms with Crippen molar-refractivity contribution in [3.8, 4) is 22.4 Å². The summed E-state index contributed by atoms with van der Waals surface area (Å²) in [4.78, 5) is 20.5. The summed E-state index contributed by atoms with van der Waals surface area (Å²) in [6.45, 7) is 1.89. The summed E-state index contributed by atoms with van der Waals surface area (Å²) < 4.78 is 42.3. The molecular formula is C23H16F3N5O. The molecule has 4 aromatic heterocycles. The quantitative estimate of drug-likeness (QED) is 0.405. The van der Waals surface area contributed by atoms with Crippen molar-refractivity contribution in [1.29, 1.82) is 0 Å². The molecule has 0 N–H and O–H groups in total. The Morgan fingerprint density at radius 2 is 1.59 bits per heavy atom. The monoisotopic (exact) mass is 435 g/mol. The molecule has 0 aliphatic carbocycles. The number of alkyl halides is 3. The van der Waals surface area contributed by atoms with Crippen molar-refractivity contribution in [1.82, 2.24) is 24.1 Å². The van der Waals surface area contributed by atoms with Crippen LogP contribution >= 0.6 is 0 Å². The number of aromatic nitrogens is 5. The van der Waals surface area contributed by atoms with Crippen LogP contribution in [0.25, 0.3) is 38.9 Å². The van der Waals surface area contributed by atoms with Crippen LogP contribution in [0.1, 0.15) is 11.4 Å². The minimum absolute atomic E-state index is 0.220. The molecule has 0 aliphatic heterocycles. The largest absolute Gasteiger partial charge is 0.433 e. The van der Waals surface area contributed by atoms with Gasteiger partial charge in [-0.25, -0.2) is 4.52 Å². The highest BCUT2D eigenvalue weighted by Gasteiger charge is 2.32. The Morgan fingerprint density at radius 1 is 0.875 bits per heavy atom. The van der Waals surface area contributed by atoms with E-state index < -0.39 is 11.9 Å². The van der Waals surface area contributed by atoms with Crippen LogP contribution in [0.15, 0.2) is 65.7 Å². The van der Waals surface area contributed by atoms with E-state index in [0.29, 0.717) is 22.2 Å². The highest BCUT2D eigenvalue weighted by Crippen LogP contribution is 2.31. The maximum atomic E-state index is 13.1. The number of aryl methyl sites for hydroxylation is 2. The zero-order chi connectivity index (χ0) is 22.6. The van der Waals surface area contributed by atoms with Gasteiger partial charge >= 0.3 is 6.18 Å². The summed E-state index contributed by atoms with van der Waals surface area (Å²) in [5, 5.41) is 4.99. The van der Waals surface area contributed by atoms with Crippen molar-refractivity contribution < 1.29 is 13.2 Å². The minimum Gasteiger partial charge on any atom is -0.296 e. The van der Waals surface area contributed by atoms with Gasteiger partial charge in [0, 0.05) is 36.8 Å². The van der Waals surface area contributed by atoms with E-state index in [0.717, 1.165) is 29.1 Å². The minimum atomic E-state index is -4.56. The molecule has 32 heavy (non-hydrogen) atoms. The van der Waals surface area contributed by atoms with Crippen LogP contribution in [-0.2, 0) is 13.2 Å². The van der Waals surface area contributed by atoms with E-state index in [4.69, 9.17) is 0 Å². The Balaban J connectivity index is 1.76. The van der Waals surface area contributed by atoms with Gasteiger partial charge < -0.3 is 0 Å². The van der Waals surface area contributed by atoms with Crippen LogP contribution in [0.3, 0.4) is 0 Å². The van der Waals surface area contributed by atoms with Crippen molar-refractivity contribution in [3.63, 3.8) is 0 Å². The molecule has 0 bridgehead atoms. The van der Waals surface area contributed by atoms with Gasteiger partial charge in [0.15, 0.2) is 0 Å². The molecule has 5 aromatic rings. The van der Waals surface area contributed by atoms with Crippen molar-refractivity contribution in [3.05, 3.63) is 82.7 Å². The topological polar surface area (TPSA) is 65.1 Å². The number of hydrogen-bond donors (Lipinski definition) is 0. The second kappa shape index (κ2) is 7.01. The fourth-order valence-corrected chi connectivity index (χ4v) is 3.75. The summed E-state index contributed by atoms with van der Waals surface area (Å²) in [6, 6.07) is 13.3. The van der Waals surface area contributed by atoms with Gasteiger partial charge in [-0.2, -0.15) is 18.3 Å². The summed E-state index contributed by atoms with van der Waals surface area (Å²) in [5.41, 5.74) is 3.04. The molecule has 0 amide bonds.